The molecule has 154 valence electrons. The summed E-state index contributed by atoms with van der Waals surface area (Å²) in [5.41, 5.74) is 5.31. The number of hydrazone groups is 1. The monoisotopic (exact) mass is 451 g/mol. The van der Waals surface area contributed by atoms with E-state index in [1.54, 1.807) is 6.07 Å². The number of halogens is 2. The van der Waals surface area contributed by atoms with Crippen LogP contribution in [0.25, 0.3) is 20.7 Å². The zero-order valence-corrected chi connectivity index (χ0v) is 17.8. The Morgan fingerprint density at radius 1 is 1.29 bits per heavy atom. The normalized spacial score (nSPS) is 11.0. The Hall–Kier alpha value is -3.54. The average molecular weight is 452 g/mol. The van der Waals surface area contributed by atoms with Gasteiger partial charge in [-0.3, -0.25) is 5.43 Å². The van der Waals surface area contributed by atoms with E-state index in [9.17, 15) is 9.65 Å². The molecule has 2 aromatic carbocycles. The number of fused-ring (bicyclic) bond motifs is 1. The van der Waals surface area contributed by atoms with Crippen LogP contribution in [0, 0.1) is 17.1 Å². The van der Waals surface area contributed by atoms with Crippen LogP contribution in [0.1, 0.15) is 18.1 Å². The molecule has 0 aliphatic heterocycles. The van der Waals surface area contributed by atoms with E-state index in [0.717, 1.165) is 10.4 Å². The molecule has 0 atom stereocenters. The van der Waals surface area contributed by atoms with Crippen molar-refractivity contribution in [1.82, 2.24) is 9.97 Å². The summed E-state index contributed by atoms with van der Waals surface area (Å²) in [5.74, 6) is 0.657. The van der Waals surface area contributed by atoms with E-state index in [4.69, 9.17) is 16.3 Å². The van der Waals surface area contributed by atoms with E-state index in [-0.39, 0.29) is 5.02 Å². The van der Waals surface area contributed by atoms with Gasteiger partial charge in [0.25, 0.3) is 0 Å². The molecule has 0 fully saturated rings. The van der Waals surface area contributed by atoms with Gasteiger partial charge in [0.2, 0.25) is 0 Å². The summed E-state index contributed by atoms with van der Waals surface area (Å²) in [7, 11) is 0. The molecule has 0 bridgehead atoms. The standard InChI is InChI=1S/C22H15ClFN5OS/c1-2-30-18-6-4-3-5-14(18)20-15(10-25)19-21(31-20)22(27-12-26-19)29-28-11-13-7-8-17(24)16(23)9-13/h3-9,11-12H,2H2,1H3,(H,26,27,29). The number of nitrogens with one attached hydrogen (secondary N) is 1. The second-order valence-electron chi connectivity index (χ2n) is 6.29. The van der Waals surface area contributed by atoms with Gasteiger partial charge < -0.3 is 4.74 Å². The van der Waals surface area contributed by atoms with Crippen molar-refractivity contribution in [3.63, 3.8) is 0 Å². The lowest BCUT2D eigenvalue weighted by atomic mass is 10.1. The smallest absolute Gasteiger partial charge is 0.167 e. The minimum atomic E-state index is -0.494. The Bertz CT molecular complexity index is 1330. The summed E-state index contributed by atoms with van der Waals surface area (Å²) in [4.78, 5) is 9.32. The van der Waals surface area contributed by atoms with Crippen molar-refractivity contribution in [1.29, 1.82) is 5.26 Å². The minimum absolute atomic E-state index is 0.0166. The number of ether oxygens (including phenoxy) is 1. The van der Waals surface area contributed by atoms with Crippen LogP contribution < -0.4 is 10.2 Å². The van der Waals surface area contributed by atoms with Crippen LogP contribution in [-0.4, -0.2) is 22.8 Å². The van der Waals surface area contributed by atoms with Gasteiger partial charge in [-0.25, -0.2) is 14.4 Å². The first-order valence-electron chi connectivity index (χ1n) is 9.26. The van der Waals surface area contributed by atoms with Crippen molar-refractivity contribution in [3.8, 4) is 22.3 Å². The lowest BCUT2D eigenvalue weighted by Gasteiger charge is -2.08. The first-order chi connectivity index (χ1) is 15.1. The molecule has 0 unspecified atom stereocenters. The maximum Gasteiger partial charge on any atom is 0.167 e. The molecule has 0 amide bonds. The predicted octanol–water partition coefficient (Wildman–Crippen LogP) is 5.87. The van der Waals surface area contributed by atoms with Crippen LogP contribution in [0.3, 0.4) is 0 Å². The highest BCUT2D eigenvalue weighted by atomic mass is 35.5. The molecule has 0 spiro atoms. The molecule has 0 saturated heterocycles. The van der Waals surface area contributed by atoms with Crippen LogP contribution in [-0.2, 0) is 0 Å². The van der Waals surface area contributed by atoms with Crippen LogP contribution in [0.2, 0.25) is 5.02 Å². The number of aromatic nitrogens is 2. The van der Waals surface area contributed by atoms with Gasteiger partial charge >= 0.3 is 0 Å². The summed E-state index contributed by atoms with van der Waals surface area (Å²) < 4.78 is 19.7. The number of thiophene rings is 1. The van der Waals surface area contributed by atoms with Crippen molar-refractivity contribution in [3.05, 3.63) is 70.8 Å². The summed E-state index contributed by atoms with van der Waals surface area (Å²) >= 11 is 7.18. The van der Waals surface area contributed by atoms with Crippen LogP contribution >= 0.6 is 22.9 Å². The number of rotatable bonds is 6. The molecular formula is C22H15ClFN5OS. The van der Waals surface area contributed by atoms with Crippen molar-refractivity contribution >= 4 is 45.2 Å². The molecule has 0 aliphatic carbocycles. The Morgan fingerprint density at radius 2 is 2.13 bits per heavy atom. The number of para-hydroxylation sites is 1. The zero-order valence-electron chi connectivity index (χ0n) is 16.3. The van der Waals surface area contributed by atoms with Gasteiger partial charge in [-0.2, -0.15) is 10.4 Å². The molecule has 4 aromatic rings. The van der Waals surface area contributed by atoms with E-state index in [2.05, 4.69) is 26.6 Å². The maximum absolute atomic E-state index is 13.3. The summed E-state index contributed by atoms with van der Waals surface area (Å²) in [6, 6.07) is 14.1. The molecule has 4 rings (SSSR count). The van der Waals surface area contributed by atoms with Crippen LogP contribution in [0.15, 0.2) is 53.9 Å². The second kappa shape index (κ2) is 9.08. The summed E-state index contributed by atoms with van der Waals surface area (Å²) in [6.07, 6.45) is 2.88. The lowest BCUT2D eigenvalue weighted by Crippen LogP contribution is -1.95. The van der Waals surface area contributed by atoms with Gasteiger partial charge in [-0.05, 0) is 36.8 Å². The number of hydrogen-bond acceptors (Lipinski definition) is 7. The highest BCUT2D eigenvalue weighted by Crippen LogP contribution is 2.43. The number of benzene rings is 2. The summed E-state index contributed by atoms with van der Waals surface area (Å²) in [6.45, 7) is 2.42. The van der Waals surface area contributed by atoms with Gasteiger partial charge in [0.05, 0.1) is 33.0 Å². The SMILES string of the molecule is CCOc1ccccc1-c1sc2c(NN=Cc3ccc(F)c(Cl)c3)ncnc2c1C#N. The third-order valence-electron chi connectivity index (χ3n) is 4.34. The summed E-state index contributed by atoms with van der Waals surface area (Å²) in [5, 5.41) is 14.0. The van der Waals surface area contributed by atoms with Crippen molar-refractivity contribution in [2.24, 2.45) is 5.10 Å². The molecule has 0 aliphatic rings. The van der Waals surface area contributed by atoms with Gasteiger partial charge in [0.15, 0.2) is 5.82 Å². The van der Waals surface area contributed by atoms with E-state index in [0.29, 0.717) is 39.5 Å². The second-order valence-corrected chi connectivity index (χ2v) is 7.72. The molecule has 9 heteroatoms. The number of anilines is 1. The highest BCUT2D eigenvalue weighted by molar-refractivity contribution is 7.23. The Kier molecular flexibility index (Phi) is 6.07. The molecule has 2 heterocycles. The Labute approximate surface area is 186 Å². The minimum Gasteiger partial charge on any atom is -0.493 e. The van der Waals surface area contributed by atoms with Crippen molar-refractivity contribution in [2.45, 2.75) is 6.92 Å². The topological polar surface area (TPSA) is 83.2 Å². The van der Waals surface area contributed by atoms with Gasteiger partial charge in [0.1, 0.15) is 29.5 Å². The number of hydrogen-bond donors (Lipinski definition) is 1. The van der Waals surface area contributed by atoms with Gasteiger partial charge in [0, 0.05) is 5.56 Å². The first kappa shape index (κ1) is 20.7. The molecule has 31 heavy (non-hydrogen) atoms. The van der Waals surface area contributed by atoms with E-state index in [1.165, 1.54) is 36.0 Å². The molecule has 0 radical (unpaired) electrons. The van der Waals surface area contributed by atoms with Crippen LogP contribution in [0.4, 0.5) is 10.2 Å². The number of nitriles is 1. The molecule has 6 nitrogen and oxygen atoms in total. The fourth-order valence-corrected chi connectivity index (χ4v) is 4.34. The Balaban J connectivity index is 1.73. The van der Waals surface area contributed by atoms with Gasteiger partial charge in [-0.1, -0.05) is 29.8 Å². The maximum atomic E-state index is 13.3. The fraction of sp³-hybridized carbons (Fsp3) is 0.0909. The molecular weight excluding hydrogens is 437 g/mol. The van der Waals surface area contributed by atoms with E-state index >= 15 is 0 Å². The van der Waals surface area contributed by atoms with E-state index in [1.807, 2.05) is 31.2 Å². The average Bonchev–Trinajstić information content (AvgIpc) is 3.16. The third kappa shape index (κ3) is 4.19. The first-order valence-corrected chi connectivity index (χ1v) is 10.5. The quantitative estimate of drug-likeness (QED) is 0.293. The predicted molar refractivity (Wildman–Crippen MR) is 121 cm³/mol. The molecule has 0 saturated carbocycles. The van der Waals surface area contributed by atoms with Crippen molar-refractivity contribution in [2.75, 3.05) is 12.0 Å². The lowest BCUT2D eigenvalue weighted by molar-refractivity contribution is 0.341. The zero-order chi connectivity index (χ0) is 21.8. The fourth-order valence-electron chi connectivity index (χ4n) is 2.98. The van der Waals surface area contributed by atoms with E-state index < -0.39 is 5.82 Å². The largest absolute Gasteiger partial charge is 0.493 e. The molecule has 2 aromatic heterocycles. The molecule has 1 N–H and O–H groups in total. The van der Waals surface area contributed by atoms with Crippen molar-refractivity contribution < 1.29 is 9.13 Å². The highest BCUT2D eigenvalue weighted by Gasteiger charge is 2.20. The Morgan fingerprint density at radius 3 is 2.90 bits per heavy atom. The van der Waals surface area contributed by atoms with Crippen LogP contribution in [0.5, 0.6) is 5.75 Å². The number of nitrogens with zero attached hydrogens (tertiary/aromatic N) is 4. The third-order valence-corrected chi connectivity index (χ3v) is 5.85. The van der Waals surface area contributed by atoms with Gasteiger partial charge in [-0.15, -0.1) is 11.3 Å².